The molecule has 1 saturated heterocycles. The van der Waals surface area contributed by atoms with Crippen LogP contribution in [-0.4, -0.2) is 11.8 Å². The molecule has 0 spiro atoms. The summed E-state index contributed by atoms with van der Waals surface area (Å²) in [4.78, 5) is 25.9. The average molecular weight is 352 g/mol. The van der Waals surface area contributed by atoms with Crippen molar-refractivity contribution in [2.75, 3.05) is 4.90 Å². The molecule has 0 N–H and O–H groups in total. The first-order valence-corrected chi connectivity index (χ1v) is 7.77. The van der Waals surface area contributed by atoms with Gasteiger partial charge in [0.15, 0.2) is 0 Å². The zero-order valence-corrected chi connectivity index (χ0v) is 13.4. The van der Waals surface area contributed by atoms with Crippen molar-refractivity contribution >= 4 is 40.7 Å². The normalized spacial score (nSPS) is 16.0. The van der Waals surface area contributed by atoms with Crippen LogP contribution in [0.4, 0.5) is 10.1 Å². The fourth-order valence-electron chi connectivity index (χ4n) is 2.70. The second-order valence-electron chi connectivity index (χ2n) is 5.38. The van der Waals surface area contributed by atoms with Gasteiger partial charge < -0.3 is 0 Å². The summed E-state index contributed by atoms with van der Waals surface area (Å²) in [5, 5.41) is 0.479. The maximum atomic E-state index is 13.2. The van der Waals surface area contributed by atoms with Crippen LogP contribution in [0.3, 0.4) is 0 Å². The van der Waals surface area contributed by atoms with Crippen molar-refractivity contribution in [2.45, 2.75) is 18.8 Å². The van der Waals surface area contributed by atoms with Crippen molar-refractivity contribution in [3.8, 4) is 0 Å². The Labute approximate surface area is 142 Å². The molecule has 1 fully saturated rings. The van der Waals surface area contributed by atoms with E-state index in [0.29, 0.717) is 10.7 Å². The Bertz CT molecular complexity index is 759. The molecule has 2 amide bonds. The van der Waals surface area contributed by atoms with Crippen molar-refractivity contribution in [2.24, 2.45) is 0 Å². The maximum absolute atomic E-state index is 13.2. The summed E-state index contributed by atoms with van der Waals surface area (Å²) in [5.41, 5.74) is 1.19. The Morgan fingerprint density at radius 3 is 2.13 bits per heavy atom. The average Bonchev–Trinajstić information content (AvgIpc) is 2.51. The van der Waals surface area contributed by atoms with Gasteiger partial charge >= 0.3 is 0 Å². The molecular formula is C17H12Cl2FNO2. The highest BCUT2D eigenvalue weighted by Crippen LogP contribution is 2.33. The van der Waals surface area contributed by atoms with E-state index in [1.165, 1.54) is 12.1 Å². The van der Waals surface area contributed by atoms with Crippen LogP contribution in [0.5, 0.6) is 0 Å². The molecule has 2 aromatic rings. The van der Waals surface area contributed by atoms with Gasteiger partial charge in [0.2, 0.25) is 11.8 Å². The minimum atomic E-state index is -0.591. The van der Waals surface area contributed by atoms with Gasteiger partial charge in [-0.05, 0) is 35.9 Å². The first-order valence-electron chi connectivity index (χ1n) is 7.02. The van der Waals surface area contributed by atoms with Crippen molar-refractivity contribution in [1.82, 2.24) is 0 Å². The van der Waals surface area contributed by atoms with Gasteiger partial charge in [0.05, 0.1) is 10.7 Å². The first kappa shape index (κ1) is 16.0. The Hall–Kier alpha value is -1.91. The number of piperidine rings is 1. The fraction of sp³-hybridized carbons (Fsp3) is 0.176. The maximum Gasteiger partial charge on any atom is 0.234 e. The molecule has 3 nitrogen and oxygen atoms in total. The number of rotatable bonds is 2. The molecule has 0 bridgehead atoms. The lowest BCUT2D eigenvalue weighted by Gasteiger charge is -2.30. The summed E-state index contributed by atoms with van der Waals surface area (Å²) in [6.45, 7) is 0. The number of imide groups is 1. The second kappa shape index (κ2) is 6.30. The van der Waals surface area contributed by atoms with Gasteiger partial charge in [-0.3, -0.25) is 14.5 Å². The van der Waals surface area contributed by atoms with Gasteiger partial charge in [-0.1, -0.05) is 35.3 Å². The number of nitrogens with zero attached hydrogens (tertiary/aromatic N) is 1. The molecule has 0 unspecified atom stereocenters. The number of carbonyl (C=O) groups excluding carboxylic acids is 2. The molecule has 0 aliphatic carbocycles. The van der Waals surface area contributed by atoms with Crippen LogP contribution in [0.15, 0.2) is 42.5 Å². The monoisotopic (exact) mass is 351 g/mol. The van der Waals surface area contributed by atoms with Crippen LogP contribution in [0.2, 0.25) is 10.0 Å². The quantitative estimate of drug-likeness (QED) is 0.743. The third-order valence-electron chi connectivity index (χ3n) is 3.84. The van der Waals surface area contributed by atoms with E-state index >= 15 is 0 Å². The Kier molecular flexibility index (Phi) is 4.37. The van der Waals surface area contributed by atoms with Gasteiger partial charge in [-0.2, -0.15) is 0 Å². The van der Waals surface area contributed by atoms with Gasteiger partial charge in [-0.15, -0.1) is 0 Å². The topological polar surface area (TPSA) is 37.4 Å². The molecule has 2 aromatic carbocycles. The molecule has 0 aromatic heterocycles. The number of hydrogen-bond acceptors (Lipinski definition) is 2. The molecule has 0 atom stereocenters. The number of benzene rings is 2. The van der Waals surface area contributed by atoms with Crippen LogP contribution >= 0.6 is 23.2 Å². The molecule has 3 rings (SSSR count). The minimum Gasteiger partial charge on any atom is -0.274 e. The Balaban J connectivity index is 1.85. The van der Waals surface area contributed by atoms with Crippen molar-refractivity contribution < 1.29 is 14.0 Å². The van der Waals surface area contributed by atoms with E-state index < -0.39 is 5.82 Å². The highest BCUT2D eigenvalue weighted by Gasteiger charge is 2.34. The summed E-state index contributed by atoms with van der Waals surface area (Å²) in [5.74, 6) is -1.43. The van der Waals surface area contributed by atoms with Gasteiger partial charge in [0.1, 0.15) is 5.82 Å². The summed E-state index contributed by atoms with van der Waals surface area (Å²) >= 11 is 11.6. The predicted octanol–water partition coefficient (Wildman–Crippen LogP) is 4.57. The Morgan fingerprint density at radius 2 is 1.57 bits per heavy atom. The van der Waals surface area contributed by atoms with E-state index in [-0.39, 0.29) is 35.6 Å². The molecule has 1 heterocycles. The molecule has 1 aliphatic rings. The zero-order valence-electron chi connectivity index (χ0n) is 11.9. The second-order valence-corrected chi connectivity index (χ2v) is 6.22. The number of amides is 2. The highest BCUT2D eigenvalue weighted by molar-refractivity contribution is 6.31. The molecule has 6 heteroatoms. The van der Waals surface area contributed by atoms with Crippen LogP contribution < -0.4 is 4.90 Å². The van der Waals surface area contributed by atoms with Gasteiger partial charge in [-0.25, -0.2) is 4.39 Å². The van der Waals surface area contributed by atoms with Crippen molar-refractivity contribution in [1.29, 1.82) is 0 Å². The summed E-state index contributed by atoms with van der Waals surface area (Å²) < 4.78 is 13.2. The minimum absolute atomic E-state index is 0.122. The SMILES string of the molecule is O=C1CC(c2ccc(Cl)cc2)CC(=O)N1c1ccc(F)c(Cl)c1. The van der Waals surface area contributed by atoms with Gasteiger partial charge in [0.25, 0.3) is 0 Å². The van der Waals surface area contributed by atoms with E-state index in [1.807, 2.05) is 12.1 Å². The summed E-state index contributed by atoms with van der Waals surface area (Å²) in [7, 11) is 0. The van der Waals surface area contributed by atoms with E-state index in [1.54, 1.807) is 12.1 Å². The molecule has 0 saturated carbocycles. The standard InChI is InChI=1S/C17H12Cl2FNO2/c18-12-3-1-10(2-4-12)11-7-16(22)21(17(23)8-11)13-5-6-15(20)14(19)9-13/h1-6,9,11H,7-8H2. The fourth-order valence-corrected chi connectivity index (χ4v) is 3.00. The molecule has 1 aliphatic heterocycles. The number of halogens is 3. The largest absolute Gasteiger partial charge is 0.274 e. The molecular weight excluding hydrogens is 340 g/mol. The lowest BCUT2D eigenvalue weighted by atomic mass is 9.88. The molecule has 23 heavy (non-hydrogen) atoms. The third-order valence-corrected chi connectivity index (χ3v) is 4.39. The molecule has 118 valence electrons. The Morgan fingerprint density at radius 1 is 0.957 bits per heavy atom. The molecule has 0 radical (unpaired) electrons. The van der Waals surface area contributed by atoms with E-state index in [9.17, 15) is 14.0 Å². The van der Waals surface area contributed by atoms with Crippen LogP contribution in [0.1, 0.15) is 24.3 Å². The van der Waals surface area contributed by atoms with E-state index in [4.69, 9.17) is 23.2 Å². The van der Waals surface area contributed by atoms with Gasteiger partial charge in [0, 0.05) is 23.8 Å². The summed E-state index contributed by atoms with van der Waals surface area (Å²) in [6, 6.07) is 10.9. The zero-order chi connectivity index (χ0) is 16.6. The van der Waals surface area contributed by atoms with Crippen molar-refractivity contribution in [3.63, 3.8) is 0 Å². The smallest absolute Gasteiger partial charge is 0.234 e. The van der Waals surface area contributed by atoms with Crippen LogP contribution in [0, 0.1) is 5.82 Å². The van der Waals surface area contributed by atoms with Crippen LogP contribution in [0.25, 0.3) is 0 Å². The van der Waals surface area contributed by atoms with Crippen molar-refractivity contribution in [3.05, 3.63) is 63.9 Å². The lowest BCUT2D eigenvalue weighted by molar-refractivity contribution is -0.129. The predicted molar refractivity (Wildman–Crippen MR) is 87.3 cm³/mol. The highest BCUT2D eigenvalue weighted by atomic mass is 35.5. The number of carbonyl (C=O) groups is 2. The third kappa shape index (κ3) is 3.23. The first-order chi connectivity index (χ1) is 11.0. The van der Waals surface area contributed by atoms with E-state index in [0.717, 1.165) is 16.5 Å². The number of hydrogen-bond donors (Lipinski definition) is 0. The van der Waals surface area contributed by atoms with E-state index in [2.05, 4.69) is 0 Å². The van der Waals surface area contributed by atoms with Crippen LogP contribution in [-0.2, 0) is 9.59 Å². The number of anilines is 1. The summed E-state index contributed by atoms with van der Waals surface area (Å²) in [6.07, 6.45) is 0.394. The lowest BCUT2D eigenvalue weighted by Crippen LogP contribution is -2.42.